The Hall–Kier alpha value is -2.80. The van der Waals surface area contributed by atoms with Crippen molar-refractivity contribution in [3.05, 3.63) is 30.1 Å². The first-order chi connectivity index (χ1) is 16.7. The van der Waals surface area contributed by atoms with Crippen LogP contribution in [0.3, 0.4) is 0 Å². The zero-order valence-electron chi connectivity index (χ0n) is 19.8. The maximum absolute atomic E-state index is 14.9. The Bertz CT molecular complexity index is 989. The van der Waals surface area contributed by atoms with Crippen molar-refractivity contribution in [2.24, 2.45) is 5.41 Å². The molecule has 10 heteroatoms. The van der Waals surface area contributed by atoms with Crippen LogP contribution < -0.4 is 10.6 Å². The summed E-state index contributed by atoms with van der Waals surface area (Å²) in [4.78, 5) is 33.9. The molecular weight excluding hydrogens is 454 g/mol. The maximum Gasteiger partial charge on any atom is 0.318 e. The Morgan fingerprint density at radius 1 is 1.23 bits per heavy atom. The van der Waals surface area contributed by atoms with Gasteiger partial charge in [-0.15, -0.1) is 0 Å². The second-order valence-corrected chi connectivity index (χ2v) is 10.9. The molecule has 3 amide bonds. The van der Waals surface area contributed by atoms with Crippen molar-refractivity contribution in [2.45, 2.75) is 74.9 Å². The molecule has 2 saturated heterocycles. The van der Waals surface area contributed by atoms with E-state index in [0.29, 0.717) is 31.5 Å². The van der Waals surface area contributed by atoms with Gasteiger partial charge in [0, 0.05) is 49.8 Å². The summed E-state index contributed by atoms with van der Waals surface area (Å²) < 4.78 is 29.9. The minimum atomic E-state index is -3.24. The zero-order chi connectivity index (χ0) is 24.7. The van der Waals surface area contributed by atoms with E-state index in [1.807, 2.05) is 6.07 Å². The minimum Gasteiger partial charge on any atom is -0.336 e. The number of nitrogens with zero attached hydrogens (tertiary/aromatic N) is 4. The largest absolute Gasteiger partial charge is 0.336 e. The van der Waals surface area contributed by atoms with E-state index in [1.165, 1.54) is 25.2 Å². The molecule has 35 heavy (non-hydrogen) atoms. The molecule has 0 radical (unpaired) electrons. The third kappa shape index (κ3) is 5.56. The first-order valence-electron chi connectivity index (χ1n) is 12.5. The zero-order valence-corrected chi connectivity index (χ0v) is 19.8. The number of alkyl halides is 2. The van der Waals surface area contributed by atoms with Crippen LogP contribution in [-0.4, -0.2) is 76.4 Å². The molecule has 1 aromatic heterocycles. The molecule has 8 nitrogen and oxygen atoms in total. The highest BCUT2D eigenvalue weighted by Crippen LogP contribution is 2.43. The van der Waals surface area contributed by atoms with Crippen molar-refractivity contribution < 1.29 is 18.4 Å². The van der Waals surface area contributed by atoms with Gasteiger partial charge in [-0.3, -0.25) is 9.78 Å². The Labute approximate surface area is 204 Å². The van der Waals surface area contributed by atoms with E-state index >= 15 is 0 Å². The molecule has 188 valence electrons. The predicted octanol–water partition coefficient (Wildman–Crippen LogP) is 2.46. The number of carbonyl (C=O) groups is 2. The van der Waals surface area contributed by atoms with Gasteiger partial charge < -0.3 is 20.4 Å². The lowest BCUT2D eigenvalue weighted by molar-refractivity contribution is -0.126. The van der Waals surface area contributed by atoms with Crippen LogP contribution in [0.15, 0.2) is 24.5 Å². The van der Waals surface area contributed by atoms with E-state index in [4.69, 9.17) is 0 Å². The van der Waals surface area contributed by atoms with Crippen molar-refractivity contribution in [3.8, 4) is 6.07 Å². The van der Waals surface area contributed by atoms with Crippen LogP contribution in [0.5, 0.6) is 0 Å². The molecule has 0 aromatic carbocycles. The number of hydrogen-bond acceptors (Lipinski definition) is 5. The number of urea groups is 1. The highest BCUT2D eigenvalue weighted by Gasteiger charge is 2.50. The molecular formula is C25H32F2N6O2. The molecule has 2 aliphatic heterocycles. The minimum absolute atomic E-state index is 0.101. The molecule has 4 fully saturated rings. The van der Waals surface area contributed by atoms with Crippen LogP contribution in [0, 0.1) is 16.7 Å². The van der Waals surface area contributed by atoms with Crippen LogP contribution in [0.2, 0.25) is 0 Å². The van der Waals surface area contributed by atoms with Gasteiger partial charge >= 0.3 is 6.03 Å². The van der Waals surface area contributed by atoms with Crippen LogP contribution >= 0.6 is 0 Å². The average molecular weight is 487 g/mol. The fourth-order valence-corrected chi connectivity index (χ4v) is 5.36. The van der Waals surface area contributed by atoms with Gasteiger partial charge in [-0.25, -0.2) is 13.6 Å². The topological polar surface area (TPSA) is 101 Å². The molecule has 2 saturated carbocycles. The number of carbonyl (C=O) groups excluding carboxylic acids is 2. The quantitative estimate of drug-likeness (QED) is 0.588. The second-order valence-electron chi connectivity index (χ2n) is 10.9. The van der Waals surface area contributed by atoms with Gasteiger partial charge in [-0.05, 0) is 63.2 Å². The third-order valence-electron chi connectivity index (χ3n) is 7.89. The number of nitrogens with one attached hydrogen (secondary N) is 2. The second kappa shape index (κ2) is 9.01. The fourth-order valence-electron chi connectivity index (χ4n) is 5.36. The van der Waals surface area contributed by atoms with Gasteiger partial charge in [0.15, 0.2) is 0 Å². The molecule has 5 rings (SSSR count). The molecule has 2 N–H and O–H groups in total. The number of hydrogen-bond donors (Lipinski definition) is 2. The van der Waals surface area contributed by atoms with Crippen LogP contribution in [0.25, 0.3) is 0 Å². The van der Waals surface area contributed by atoms with Crippen molar-refractivity contribution in [1.82, 2.24) is 25.4 Å². The van der Waals surface area contributed by atoms with Gasteiger partial charge in [-0.1, -0.05) is 6.07 Å². The molecule has 0 unspecified atom stereocenters. The van der Waals surface area contributed by atoms with Crippen LogP contribution in [0.4, 0.5) is 13.6 Å². The number of amides is 3. The van der Waals surface area contributed by atoms with E-state index in [9.17, 15) is 23.6 Å². The molecule has 1 spiro atoms. The Kier molecular flexibility index (Phi) is 6.16. The van der Waals surface area contributed by atoms with E-state index in [1.54, 1.807) is 17.0 Å². The number of nitriles is 1. The van der Waals surface area contributed by atoms with E-state index in [0.717, 1.165) is 32.0 Å². The number of halogens is 2. The monoisotopic (exact) mass is 486 g/mol. The smallest absolute Gasteiger partial charge is 0.318 e. The van der Waals surface area contributed by atoms with Crippen molar-refractivity contribution in [2.75, 3.05) is 26.2 Å². The first-order valence-corrected chi connectivity index (χ1v) is 12.5. The number of piperidine rings is 1. The third-order valence-corrected chi connectivity index (χ3v) is 7.89. The lowest BCUT2D eigenvalue weighted by atomic mass is 9.72. The van der Waals surface area contributed by atoms with Gasteiger partial charge in [0.25, 0.3) is 5.92 Å². The fraction of sp³-hybridized carbons (Fsp3) is 0.680. The summed E-state index contributed by atoms with van der Waals surface area (Å²) in [5.74, 6) is -3.98. The number of likely N-dealkylation sites (tertiary alicyclic amines) is 2. The lowest BCUT2D eigenvalue weighted by Crippen LogP contribution is -2.65. The number of aromatic nitrogens is 1. The molecule has 4 aliphatic rings. The first kappa shape index (κ1) is 23.9. The molecule has 2 aliphatic carbocycles. The normalized spacial score (nSPS) is 23.6. The van der Waals surface area contributed by atoms with Crippen LogP contribution in [-0.2, 0) is 11.2 Å². The van der Waals surface area contributed by atoms with Crippen molar-refractivity contribution in [1.29, 1.82) is 5.26 Å². The van der Waals surface area contributed by atoms with E-state index < -0.39 is 42.3 Å². The lowest BCUT2D eigenvalue weighted by Gasteiger charge is -2.54. The SMILES string of the molecule is N#CC1(NC(=O)[C@H](CC(F)(F)Cc2cccnc2)NC(=O)N2CC3(CCN(C4CC4)CC3)C2)CC1. The van der Waals surface area contributed by atoms with E-state index in [-0.39, 0.29) is 5.41 Å². The summed E-state index contributed by atoms with van der Waals surface area (Å²) in [6, 6.07) is 3.97. The predicted molar refractivity (Wildman–Crippen MR) is 123 cm³/mol. The highest BCUT2D eigenvalue weighted by atomic mass is 19.3. The Morgan fingerprint density at radius 3 is 2.51 bits per heavy atom. The van der Waals surface area contributed by atoms with Gasteiger partial charge in [-0.2, -0.15) is 5.26 Å². The summed E-state index contributed by atoms with van der Waals surface area (Å²) in [6.07, 6.45) is 7.02. The summed E-state index contributed by atoms with van der Waals surface area (Å²) in [7, 11) is 0. The summed E-state index contributed by atoms with van der Waals surface area (Å²) >= 11 is 0. The summed E-state index contributed by atoms with van der Waals surface area (Å²) in [5.41, 5.74) is -0.556. The van der Waals surface area contributed by atoms with E-state index in [2.05, 4.69) is 20.5 Å². The molecule has 1 atom stereocenters. The van der Waals surface area contributed by atoms with Gasteiger partial charge in [0.1, 0.15) is 11.6 Å². The number of pyridine rings is 1. The summed E-state index contributed by atoms with van der Waals surface area (Å²) in [6.45, 7) is 3.25. The van der Waals surface area contributed by atoms with Crippen molar-refractivity contribution >= 4 is 11.9 Å². The summed E-state index contributed by atoms with van der Waals surface area (Å²) in [5, 5.41) is 14.4. The standard InChI is InChI=1S/C25H32F2N6O2/c26-25(27,12-18-2-1-9-29-14-18)13-20(21(34)31-24(15-28)5-6-24)30-22(35)33-16-23(17-33)7-10-32(11-8-23)19-3-4-19/h1-2,9,14,19-20H,3-8,10-13,16-17H2,(H,30,35)(H,31,34)/t20-/m0/s1. The van der Waals surface area contributed by atoms with Gasteiger partial charge in [0.05, 0.1) is 6.07 Å². The number of rotatable bonds is 8. The molecule has 1 aromatic rings. The van der Waals surface area contributed by atoms with Gasteiger partial charge in [0.2, 0.25) is 5.91 Å². The highest BCUT2D eigenvalue weighted by molar-refractivity contribution is 5.88. The maximum atomic E-state index is 14.9. The van der Waals surface area contributed by atoms with Crippen molar-refractivity contribution in [3.63, 3.8) is 0 Å². The molecule has 0 bridgehead atoms. The Balaban J connectivity index is 1.20. The average Bonchev–Trinajstić information content (AvgIpc) is 3.73. The molecule has 3 heterocycles. The van der Waals surface area contributed by atoms with Crippen LogP contribution in [0.1, 0.15) is 50.5 Å². The Morgan fingerprint density at radius 2 is 1.94 bits per heavy atom.